The number of hydrogen-bond acceptors (Lipinski definition) is 3. The number of rotatable bonds is 6. The van der Waals surface area contributed by atoms with Crippen LogP contribution in [0.1, 0.15) is 30.6 Å². The highest BCUT2D eigenvalue weighted by atomic mass is 79.9. The normalized spacial score (nSPS) is 12.4. The van der Waals surface area contributed by atoms with E-state index in [-0.39, 0.29) is 6.04 Å². The van der Waals surface area contributed by atoms with Gasteiger partial charge in [-0.15, -0.1) is 0 Å². The molecule has 1 unspecified atom stereocenters. The van der Waals surface area contributed by atoms with Gasteiger partial charge < -0.3 is 10.1 Å². The third kappa shape index (κ3) is 3.67. The Labute approximate surface area is 142 Å². The van der Waals surface area contributed by atoms with Crippen LogP contribution in [0, 0.1) is 0 Å². The Morgan fingerprint density at radius 2 is 2.14 bits per heavy atom. The van der Waals surface area contributed by atoms with Gasteiger partial charge in [0, 0.05) is 16.0 Å². The summed E-state index contributed by atoms with van der Waals surface area (Å²) in [6.07, 6.45) is 2.81. The predicted molar refractivity (Wildman–Crippen MR) is 91.7 cm³/mol. The SMILES string of the molecule is CCCNC(c1cc(Br)ccc1Br)c1c(OC)cnn1C. The molecule has 1 aromatic heterocycles. The summed E-state index contributed by atoms with van der Waals surface area (Å²) in [4.78, 5) is 0. The van der Waals surface area contributed by atoms with Gasteiger partial charge in [0.05, 0.1) is 19.3 Å². The van der Waals surface area contributed by atoms with E-state index in [1.54, 1.807) is 13.3 Å². The van der Waals surface area contributed by atoms with Crippen LogP contribution < -0.4 is 10.1 Å². The van der Waals surface area contributed by atoms with Crippen LogP contribution in [0.25, 0.3) is 0 Å². The average molecular weight is 417 g/mol. The summed E-state index contributed by atoms with van der Waals surface area (Å²) in [5, 5.41) is 7.90. The van der Waals surface area contributed by atoms with Crippen molar-refractivity contribution in [2.24, 2.45) is 7.05 Å². The number of aromatic nitrogens is 2. The molecule has 4 nitrogen and oxygen atoms in total. The molecule has 0 aliphatic heterocycles. The molecular formula is C15H19Br2N3O. The molecule has 0 aliphatic rings. The maximum absolute atomic E-state index is 5.47. The van der Waals surface area contributed by atoms with Crippen molar-refractivity contribution in [2.75, 3.05) is 13.7 Å². The van der Waals surface area contributed by atoms with Gasteiger partial charge in [0.15, 0.2) is 5.75 Å². The Bertz CT molecular complexity index is 613. The molecule has 2 rings (SSSR count). The Hall–Kier alpha value is -0.850. The van der Waals surface area contributed by atoms with Crippen LogP contribution in [0.5, 0.6) is 5.75 Å². The van der Waals surface area contributed by atoms with E-state index in [2.05, 4.69) is 55.3 Å². The van der Waals surface area contributed by atoms with Crippen LogP contribution in [0.3, 0.4) is 0 Å². The first kappa shape index (κ1) is 16.5. The van der Waals surface area contributed by atoms with Crippen LogP contribution in [-0.2, 0) is 7.05 Å². The van der Waals surface area contributed by atoms with E-state index >= 15 is 0 Å². The summed E-state index contributed by atoms with van der Waals surface area (Å²) in [6.45, 7) is 3.07. The van der Waals surface area contributed by atoms with Crippen molar-refractivity contribution in [1.29, 1.82) is 0 Å². The van der Waals surface area contributed by atoms with E-state index in [1.807, 2.05) is 23.9 Å². The minimum atomic E-state index is 0.0132. The van der Waals surface area contributed by atoms with E-state index in [4.69, 9.17) is 4.74 Å². The van der Waals surface area contributed by atoms with Gasteiger partial charge in [-0.25, -0.2) is 0 Å². The second-order valence-electron chi connectivity index (χ2n) is 4.77. The Morgan fingerprint density at radius 3 is 2.81 bits per heavy atom. The van der Waals surface area contributed by atoms with Crippen molar-refractivity contribution in [2.45, 2.75) is 19.4 Å². The number of nitrogens with zero attached hydrogens (tertiary/aromatic N) is 2. The molecule has 1 heterocycles. The van der Waals surface area contributed by atoms with Crippen molar-refractivity contribution in [3.8, 4) is 5.75 Å². The van der Waals surface area contributed by atoms with Crippen molar-refractivity contribution in [3.05, 3.63) is 44.6 Å². The molecule has 0 radical (unpaired) electrons. The van der Waals surface area contributed by atoms with Gasteiger partial charge in [0.25, 0.3) is 0 Å². The number of nitrogens with one attached hydrogen (secondary N) is 1. The van der Waals surface area contributed by atoms with Crippen molar-refractivity contribution in [3.63, 3.8) is 0 Å². The highest BCUT2D eigenvalue weighted by Gasteiger charge is 2.24. The molecule has 2 aromatic rings. The summed E-state index contributed by atoms with van der Waals surface area (Å²) in [5.41, 5.74) is 2.17. The summed E-state index contributed by atoms with van der Waals surface area (Å²) in [6, 6.07) is 6.19. The number of methoxy groups -OCH3 is 1. The summed E-state index contributed by atoms with van der Waals surface area (Å²) < 4.78 is 9.43. The first-order valence-corrected chi connectivity index (χ1v) is 8.41. The average Bonchev–Trinajstić information content (AvgIpc) is 2.84. The molecule has 1 N–H and O–H groups in total. The maximum Gasteiger partial charge on any atom is 0.161 e. The highest BCUT2D eigenvalue weighted by molar-refractivity contribution is 9.11. The van der Waals surface area contributed by atoms with E-state index in [0.717, 1.165) is 38.9 Å². The number of hydrogen-bond donors (Lipinski definition) is 1. The molecule has 0 spiro atoms. The number of halogens is 2. The smallest absolute Gasteiger partial charge is 0.161 e. The number of ether oxygens (including phenoxy) is 1. The van der Waals surface area contributed by atoms with Gasteiger partial charge in [-0.2, -0.15) is 5.10 Å². The maximum atomic E-state index is 5.47. The molecule has 21 heavy (non-hydrogen) atoms. The molecule has 0 bridgehead atoms. The molecule has 114 valence electrons. The van der Waals surface area contributed by atoms with E-state index in [0.29, 0.717) is 0 Å². The van der Waals surface area contributed by atoms with Crippen LogP contribution in [-0.4, -0.2) is 23.4 Å². The molecule has 1 aromatic carbocycles. The fourth-order valence-electron chi connectivity index (χ4n) is 2.29. The lowest BCUT2D eigenvalue weighted by molar-refractivity contribution is 0.400. The third-order valence-electron chi connectivity index (χ3n) is 3.31. The molecule has 0 amide bonds. The fourth-order valence-corrected chi connectivity index (χ4v) is 3.15. The summed E-state index contributed by atoms with van der Waals surface area (Å²) in [7, 11) is 3.61. The first-order valence-electron chi connectivity index (χ1n) is 6.82. The number of aryl methyl sites for hydroxylation is 1. The summed E-state index contributed by atoms with van der Waals surface area (Å²) >= 11 is 7.20. The van der Waals surface area contributed by atoms with E-state index in [9.17, 15) is 0 Å². The molecule has 0 saturated heterocycles. The van der Waals surface area contributed by atoms with Gasteiger partial charge in [-0.1, -0.05) is 38.8 Å². The second-order valence-corrected chi connectivity index (χ2v) is 6.54. The first-order chi connectivity index (χ1) is 10.1. The van der Waals surface area contributed by atoms with Crippen LogP contribution >= 0.6 is 31.9 Å². The summed E-state index contributed by atoms with van der Waals surface area (Å²) in [5.74, 6) is 0.790. The monoisotopic (exact) mass is 415 g/mol. The van der Waals surface area contributed by atoms with Crippen molar-refractivity contribution < 1.29 is 4.74 Å². The van der Waals surface area contributed by atoms with Crippen molar-refractivity contribution >= 4 is 31.9 Å². The zero-order valence-corrected chi connectivity index (χ0v) is 15.5. The van der Waals surface area contributed by atoms with Crippen LogP contribution in [0.15, 0.2) is 33.3 Å². The molecule has 0 saturated carbocycles. The third-order valence-corrected chi connectivity index (χ3v) is 4.53. The topological polar surface area (TPSA) is 39.1 Å². The van der Waals surface area contributed by atoms with E-state index < -0.39 is 0 Å². The molecule has 1 atom stereocenters. The van der Waals surface area contributed by atoms with Crippen LogP contribution in [0.2, 0.25) is 0 Å². The minimum Gasteiger partial charge on any atom is -0.493 e. The molecule has 0 fully saturated rings. The Morgan fingerprint density at radius 1 is 1.38 bits per heavy atom. The highest BCUT2D eigenvalue weighted by Crippen LogP contribution is 2.34. The van der Waals surface area contributed by atoms with Gasteiger partial charge in [0.2, 0.25) is 0 Å². The zero-order valence-electron chi connectivity index (χ0n) is 12.4. The molecule has 0 aliphatic carbocycles. The standard InChI is InChI=1S/C15H19Br2N3O/c1-4-7-18-14(11-8-10(16)5-6-12(11)17)15-13(21-3)9-19-20(15)2/h5-6,8-9,14,18H,4,7H2,1-3H3. The zero-order chi connectivity index (χ0) is 15.4. The lowest BCUT2D eigenvalue weighted by Gasteiger charge is -2.22. The Balaban J connectivity index is 2.52. The second kappa shape index (κ2) is 7.42. The van der Waals surface area contributed by atoms with Gasteiger partial charge in [0.1, 0.15) is 5.69 Å². The van der Waals surface area contributed by atoms with Gasteiger partial charge in [-0.3, -0.25) is 4.68 Å². The van der Waals surface area contributed by atoms with Gasteiger partial charge >= 0.3 is 0 Å². The fraction of sp³-hybridized carbons (Fsp3) is 0.400. The van der Waals surface area contributed by atoms with Crippen molar-refractivity contribution in [1.82, 2.24) is 15.1 Å². The predicted octanol–water partition coefficient (Wildman–Crippen LogP) is 4.04. The minimum absolute atomic E-state index is 0.0132. The van der Waals surface area contributed by atoms with Gasteiger partial charge in [-0.05, 0) is 36.7 Å². The van der Waals surface area contributed by atoms with E-state index in [1.165, 1.54) is 0 Å². The quantitative estimate of drug-likeness (QED) is 0.772. The lowest BCUT2D eigenvalue weighted by Crippen LogP contribution is -2.26. The molecular weight excluding hydrogens is 398 g/mol. The Kier molecular flexibility index (Phi) is 5.84. The largest absolute Gasteiger partial charge is 0.493 e. The van der Waals surface area contributed by atoms with Crippen LogP contribution in [0.4, 0.5) is 0 Å². The molecule has 6 heteroatoms. The number of benzene rings is 1. The lowest BCUT2D eigenvalue weighted by atomic mass is 10.0.